The van der Waals surface area contributed by atoms with Crippen LogP contribution in [0.25, 0.3) is 11.0 Å². The van der Waals surface area contributed by atoms with E-state index in [1.807, 2.05) is 45.0 Å². The second kappa shape index (κ2) is 4.44. The van der Waals surface area contributed by atoms with E-state index in [-0.39, 0.29) is 6.09 Å². The van der Waals surface area contributed by atoms with Crippen LogP contribution in [0.15, 0.2) is 24.3 Å². The molecule has 1 aromatic carbocycles. The lowest BCUT2D eigenvalue weighted by atomic mass is 10.1. The first-order valence-electron chi connectivity index (χ1n) is 6.12. The Labute approximate surface area is 107 Å². The monoisotopic (exact) mass is 246 g/mol. The number of nitrogens with zero attached hydrogens (tertiary/aromatic N) is 2. The molecule has 18 heavy (non-hydrogen) atoms. The molecule has 0 amide bonds. The minimum absolute atomic E-state index is 0.368. The standard InChI is InChI=1S/C14H18N2O2/c1-5-14(3,4)18-13(17)16-10(2)15-11-8-6-7-9-12(11)16/h6-9H,5H2,1-4H3. The van der Waals surface area contributed by atoms with Gasteiger partial charge in [-0.2, -0.15) is 0 Å². The molecule has 0 atom stereocenters. The Balaban J connectivity index is 2.42. The molecule has 2 rings (SSSR count). The molecule has 0 unspecified atom stereocenters. The van der Waals surface area contributed by atoms with Crippen LogP contribution in [0.1, 0.15) is 33.0 Å². The first-order valence-corrected chi connectivity index (χ1v) is 6.12. The zero-order valence-corrected chi connectivity index (χ0v) is 11.2. The number of para-hydroxylation sites is 2. The minimum Gasteiger partial charge on any atom is -0.443 e. The summed E-state index contributed by atoms with van der Waals surface area (Å²) in [6.07, 6.45) is 0.401. The summed E-state index contributed by atoms with van der Waals surface area (Å²) in [5.41, 5.74) is 1.13. The largest absolute Gasteiger partial charge is 0.443 e. The first-order chi connectivity index (χ1) is 8.44. The Morgan fingerprint density at radius 3 is 2.72 bits per heavy atom. The van der Waals surface area contributed by atoms with Crippen molar-refractivity contribution in [2.45, 2.75) is 39.7 Å². The van der Waals surface area contributed by atoms with Crippen molar-refractivity contribution in [1.29, 1.82) is 0 Å². The summed E-state index contributed by atoms with van der Waals surface area (Å²) >= 11 is 0. The molecule has 2 aromatic rings. The topological polar surface area (TPSA) is 44.1 Å². The molecule has 4 nitrogen and oxygen atoms in total. The number of hydrogen-bond donors (Lipinski definition) is 0. The summed E-state index contributed by atoms with van der Waals surface area (Å²) in [4.78, 5) is 16.6. The van der Waals surface area contributed by atoms with Crippen LogP contribution < -0.4 is 0 Å². The molecule has 0 bridgehead atoms. The lowest BCUT2D eigenvalue weighted by molar-refractivity contribution is 0.0375. The van der Waals surface area contributed by atoms with Crippen molar-refractivity contribution in [3.8, 4) is 0 Å². The maximum absolute atomic E-state index is 12.2. The molecule has 4 heteroatoms. The van der Waals surface area contributed by atoms with Crippen molar-refractivity contribution in [3.05, 3.63) is 30.1 Å². The average molecular weight is 246 g/mol. The molecule has 0 fully saturated rings. The lowest BCUT2D eigenvalue weighted by Crippen LogP contribution is -2.30. The Morgan fingerprint density at radius 1 is 1.39 bits per heavy atom. The highest BCUT2D eigenvalue weighted by molar-refractivity contribution is 5.87. The van der Waals surface area contributed by atoms with Gasteiger partial charge in [0.15, 0.2) is 0 Å². The smallest absolute Gasteiger partial charge is 0.420 e. The van der Waals surface area contributed by atoms with Crippen LogP contribution in [-0.2, 0) is 4.74 Å². The average Bonchev–Trinajstić information content (AvgIpc) is 2.64. The fraction of sp³-hybridized carbons (Fsp3) is 0.429. The molecule has 1 aromatic heterocycles. The summed E-state index contributed by atoms with van der Waals surface area (Å²) < 4.78 is 7.02. The summed E-state index contributed by atoms with van der Waals surface area (Å²) in [6, 6.07) is 7.55. The van der Waals surface area contributed by atoms with Crippen LogP contribution in [0.2, 0.25) is 0 Å². The number of benzene rings is 1. The molecule has 0 aliphatic carbocycles. The number of hydrogen-bond acceptors (Lipinski definition) is 3. The zero-order valence-electron chi connectivity index (χ0n) is 11.2. The minimum atomic E-state index is -0.463. The Kier molecular flexibility index (Phi) is 3.11. The van der Waals surface area contributed by atoms with Gasteiger partial charge in [-0.3, -0.25) is 0 Å². The molecular formula is C14H18N2O2. The molecule has 0 saturated carbocycles. The van der Waals surface area contributed by atoms with E-state index >= 15 is 0 Å². The number of ether oxygens (including phenoxy) is 1. The predicted octanol–water partition coefficient (Wildman–Crippen LogP) is 3.52. The Morgan fingerprint density at radius 2 is 2.06 bits per heavy atom. The second-order valence-corrected chi connectivity index (χ2v) is 4.96. The molecule has 96 valence electrons. The SMILES string of the molecule is CCC(C)(C)OC(=O)n1c(C)nc2ccccc21. The number of carbonyl (C=O) groups excluding carboxylic acids is 1. The summed E-state index contributed by atoms with van der Waals surface area (Å²) in [5, 5.41) is 0. The Hall–Kier alpha value is -1.84. The number of rotatable bonds is 2. The van der Waals surface area contributed by atoms with Gasteiger partial charge in [0.05, 0.1) is 11.0 Å². The lowest BCUT2D eigenvalue weighted by Gasteiger charge is -2.23. The van der Waals surface area contributed by atoms with Gasteiger partial charge >= 0.3 is 6.09 Å². The number of aryl methyl sites for hydroxylation is 1. The van der Waals surface area contributed by atoms with E-state index in [2.05, 4.69) is 4.98 Å². The van der Waals surface area contributed by atoms with Gasteiger partial charge in [-0.25, -0.2) is 14.3 Å². The van der Waals surface area contributed by atoms with E-state index in [9.17, 15) is 4.79 Å². The van der Waals surface area contributed by atoms with Gasteiger partial charge in [0, 0.05) is 0 Å². The van der Waals surface area contributed by atoms with E-state index < -0.39 is 5.60 Å². The number of aromatic nitrogens is 2. The number of fused-ring (bicyclic) bond motifs is 1. The van der Waals surface area contributed by atoms with Gasteiger partial charge < -0.3 is 4.74 Å². The number of imidazole rings is 1. The van der Waals surface area contributed by atoms with Gasteiger partial charge in [0.1, 0.15) is 11.4 Å². The van der Waals surface area contributed by atoms with Gasteiger partial charge in [-0.1, -0.05) is 19.1 Å². The van der Waals surface area contributed by atoms with Crippen LogP contribution in [0.4, 0.5) is 4.79 Å². The van der Waals surface area contributed by atoms with Crippen molar-refractivity contribution in [1.82, 2.24) is 9.55 Å². The van der Waals surface area contributed by atoms with Crippen LogP contribution in [0.5, 0.6) is 0 Å². The molecular weight excluding hydrogens is 228 g/mol. The van der Waals surface area contributed by atoms with E-state index in [0.29, 0.717) is 5.82 Å². The normalized spacial score (nSPS) is 11.8. The zero-order chi connectivity index (χ0) is 13.3. The maximum Gasteiger partial charge on any atom is 0.420 e. The van der Waals surface area contributed by atoms with Crippen LogP contribution in [0, 0.1) is 6.92 Å². The molecule has 0 aliphatic rings. The number of carbonyl (C=O) groups is 1. The van der Waals surface area contributed by atoms with E-state index in [1.165, 1.54) is 4.57 Å². The second-order valence-electron chi connectivity index (χ2n) is 4.96. The summed E-state index contributed by atoms with van der Waals surface area (Å²) in [7, 11) is 0. The quantitative estimate of drug-likeness (QED) is 0.814. The third-order valence-corrected chi connectivity index (χ3v) is 3.13. The highest BCUT2D eigenvalue weighted by atomic mass is 16.6. The van der Waals surface area contributed by atoms with Crippen LogP contribution in [-0.4, -0.2) is 21.2 Å². The summed E-state index contributed by atoms with van der Waals surface area (Å²) in [6.45, 7) is 7.60. The first kappa shape index (κ1) is 12.6. The highest BCUT2D eigenvalue weighted by Gasteiger charge is 2.23. The van der Waals surface area contributed by atoms with Gasteiger partial charge in [0.25, 0.3) is 0 Å². The van der Waals surface area contributed by atoms with Crippen molar-refractivity contribution in [2.24, 2.45) is 0 Å². The highest BCUT2D eigenvalue weighted by Crippen LogP contribution is 2.19. The fourth-order valence-electron chi connectivity index (χ4n) is 1.73. The van der Waals surface area contributed by atoms with Gasteiger partial charge in [-0.05, 0) is 39.3 Å². The predicted molar refractivity (Wildman–Crippen MR) is 70.7 cm³/mol. The van der Waals surface area contributed by atoms with Crippen molar-refractivity contribution < 1.29 is 9.53 Å². The van der Waals surface area contributed by atoms with Gasteiger partial charge in [-0.15, -0.1) is 0 Å². The van der Waals surface area contributed by atoms with Gasteiger partial charge in [0.2, 0.25) is 0 Å². The third kappa shape index (κ3) is 2.23. The molecule has 0 aliphatic heterocycles. The molecule has 0 radical (unpaired) electrons. The fourth-order valence-corrected chi connectivity index (χ4v) is 1.73. The van der Waals surface area contributed by atoms with Crippen LogP contribution in [0.3, 0.4) is 0 Å². The van der Waals surface area contributed by atoms with E-state index in [1.54, 1.807) is 6.92 Å². The van der Waals surface area contributed by atoms with Crippen LogP contribution >= 0.6 is 0 Å². The third-order valence-electron chi connectivity index (χ3n) is 3.13. The maximum atomic E-state index is 12.2. The van der Waals surface area contributed by atoms with Crippen molar-refractivity contribution in [2.75, 3.05) is 0 Å². The van der Waals surface area contributed by atoms with E-state index in [4.69, 9.17) is 4.74 Å². The Bertz CT molecular complexity index is 584. The molecule has 0 spiro atoms. The molecule has 0 N–H and O–H groups in total. The molecule has 0 saturated heterocycles. The van der Waals surface area contributed by atoms with E-state index in [0.717, 1.165) is 17.5 Å². The van der Waals surface area contributed by atoms with Crippen molar-refractivity contribution in [3.63, 3.8) is 0 Å². The van der Waals surface area contributed by atoms with Crippen molar-refractivity contribution >= 4 is 17.1 Å². The summed E-state index contributed by atoms with van der Waals surface area (Å²) in [5.74, 6) is 0.646. The molecule has 1 heterocycles.